The number of methoxy groups -OCH3 is 1. The van der Waals surface area contributed by atoms with Gasteiger partial charge in [0.2, 0.25) is 76.8 Å². The molecule has 0 saturated carbocycles. The second-order valence-corrected chi connectivity index (χ2v) is 28.5. The Bertz CT molecular complexity index is 2690. The predicted octanol–water partition coefficient (Wildman–Crippen LogP) is 1.48. The average Bonchev–Trinajstić information content (AvgIpc) is 0.865. The number of rotatable bonds is 19. The highest BCUT2D eigenvalue weighted by Crippen LogP contribution is 2.23. The molecule has 554 valence electrons. The fraction of sp³-hybridized carbons (Fsp3) is 0.794. The molecule has 13 amide bonds. The van der Waals surface area contributed by atoms with Crippen LogP contribution in [0.3, 0.4) is 0 Å². The molecular weight excluding hydrogens is 1250 g/mol. The summed E-state index contributed by atoms with van der Waals surface area (Å²) in [7, 11) is 8.35. The number of nitrogens with zero attached hydrogens (tertiary/aromatic N) is 5. The van der Waals surface area contributed by atoms with E-state index >= 15 is 0 Å². The lowest BCUT2D eigenvalue weighted by Crippen LogP contribution is -2.61. The van der Waals surface area contributed by atoms with Crippen molar-refractivity contribution in [2.24, 2.45) is 47.3 Å². The lowest BCUT2D eigenvalue weighted by atomic mass is 9.95. The summed E-state index contributed by atoms with van der Waals surface area (Å²) in [4.78, 5) is 204. The maximum Gasteiger partial charge on any atom is 0.329 e. The van der Waals surface area contributed by atoms with Crippen LogP contribution in [-0.2, 0) is 76.6 Å². The molecule has 1 heterocycles. The van der Waals surface area contributed by atoms with Crippen molar-refractivity contribution in [3.8, 4) is 0 Å². The van der Waals surface area contributed by atoms with Crippen molar-refractivity contribution >= 4 is 82.8 Å². The maximum absolute atomic E-state index is 14.8. The second kappa shape index (κ2) is 41.7. The van der Waals surface area contributed by atoms with Crippen molar-refractivity contribution in [3.63, 3.8) is 0 Å². The van der Waals surface area contributed by atoms with E-state index in [9.17, 15) is 67.1 Å². The quantitative estimate of drug-likeness (QED) is 0.0849. The fourth-order valence-electron chi connectivity index (χ4n) is 11.5. The minimum Gasteiger partial charge on any atom is -0.458 e. The molecule has 0 bridgehead atoms. The number of esters is 1. The largest absolute Gasteiger partial charge is 0.458 e. The summed E-state index contributed by atoms with van der Waals surface area (Å²) in [6.45, 7) is 29.9. The normalized spacial score (nSPS) is 24.5. The molecule has 97 heavy (non-hydrogen) atoms. The highest BCUT2D eigenvalue weighted by atomic mass is 16.5. The van der Waals surface area contributed by atoms with Crippen LogP contribution in [0.2, 0.25) is 0 Å². The summed E-state index contributed by atoms with van der Waals surface area (Å²) in [5, 5.41) is 21.7. The van der Waals surface area contributed by atoms with Gasteiger partial charge in [-0.1, -0.05) is 117 Å². The number of hydrogen-bond acceptors (Lipinski definition) is 16. The maximum atomic E-state index is 14.8. The molecule has 1 rings (SSSR count). The van der Waals surface area contributed by atoms with E-state index in [4.69, 9.17) is 9.47 Å². The summed E-state index contributed by atoms with van der Waals surface area (Å²) in [6, 6.07) is -12.2. The van der Waals surface area contributed by atoms with Gasteiger partial charge >= 0.3 is 5.97 Å². The summed E-state index contributed by atoms with van der Waals surface area (Å²) < 4.78 is 11.0. The van der Waals surface area contributed by atoms with Crippen molar-refractivity contribution in [3.05, 3.63) is 0 Å². The highest BCUT2D eigenvalue weighted by molar-refractivity contribution is 5.97. The molecule has 0 spiro atoms. The van der Waals surface area contributed by atoms with Crippen molar-refractivity contribution in [1.82, 2.24) is 67.0 Å². The number of carbonyl (C=O) groups excluding carboxylic acids is 14. The molecule has 1 saturated heterocycles. The van der Waals surface area contributed by atoms with Gasteiger partial charge in [0, 0.05) is 81.2 Å². The van der Waals surface area contributed by atoms with Crippen LogP contribution in [0, 0.1) is 47.3 Å². The third-order valence-electron chi connectivity index (χ3n) is 17.4. The molecule has 12 atom stereocenters. The van der Waals surface area contributed by atoms with Gasteiger partial charge in [0.15, 0.2) is 0 Å². The van der Waals surface area contributed by atoms with Gasteiger partial charge < -0.3 is 76.5 Å². The van der Waals surface area contributed by atoms with E-state index in [0.29, 0.717) is 6.42 Å². The molecule has 29 nitrogen and oxygen atoms in total. The molecule has 0 radical (unpaired) electrons. The van der Waals surface area contributed by atoms with Crippen LogP contribution in [-0.4, -0.2) is 242 Å². The van der Waals surface area contributed by atoms with Crippen LogP contribution in [0.25, 0.3) is 0 Å². The zero-order valence-electron chi connectivity index (χ0n) is 62.5. The van der Waals surface area contributed by atoms with Crippen molar-refractivity contribution in [1.29, 1.82) is 0 Å². The van der Waals surface area contributed by atoms with E-state index < -0.39 is 185 Å². The molecule has 1 aliphatic heterocycles. The lowest BCUT2D eigenvalue weighted by Gasteiger charge is -2.37. The minimum absolute atomic E-state index is 0.0601. The number of likely N-dealkylation sites (N-methyl/N-ethyl adjacent to an activating group) is 5. The third kappa shape index (κ3) is 27.4. The van der Waals surface area contributed by atoms with Gasteiger partial charge in [-0.15, -0.1) is 0 Å². The summed E-state index contributed by atoms with van der Waals surface area (Å²) in [6.07, 6.45) is -1.78. The molecule has 8 N–H and O–H groups in total. The van der Waals surface area contributed by atoms with Gasteiger partial charge in [-0.25, -0.2) is 4.79 Å². The van der Waals surface area contributed by atoms with Crippen LogP contribution in [0.1, 0.15) is 170 Å². The van der Waals surface area contributed by atoms with Crippen LogP contribution in [0.15, 0.2) is 0 Å². The SMILES string of the molecule is CCC(C)C1C(=O)NCCC(=O)NC(C(C)C)C(=O)N(C)C(C(C)C)C(=O)N(C)C(C)C(=O)NCCC(=O)NC(CC(C)C)C(=O)N(C)C(C(C)C)C(=O)OC(C)C(NC(=O)C(CC(C)C)N(C)C(=O)C(NC(=O)COC)C(C)C)C(=O)NCCC(=O)NC(CC(C)C)C(=O)N1C. The number of nitrogens with one attached hydrogen (secondary N) is 8. The molecule has 0 aromatic carbocycles. The lowest BCUT2D eigenvalue weighted by molar-refractivity contribution is -0.163. The summed E-state index contributed by atoms with van der Waals surface area (Å²) >= 11 is 0. The molecule has 0 aliphatic carbocycles. The van der Waals surface area contributed by atoms with Gasteiger partial charge in [-0.2, -0.15) is 0 Å². The van der Waals surface area contributed by atoms with Gasteiger partial charge in [0.25, 0.3) is 0 Å². The van der Waals surface area contributed by atoms with E-state index in [2.05, 4.69) is 42.5 Å². The first kappa shape index (κ1) is 87.6. The first-order chi connectivity index (χ1) is 45.0. The smallest absolute Gasteiger partial charge is 0.329 e. The molecule has 29 heteroatoms. The standard InChI is InChI=1S/C68H121N13O16/c1-25-43(16)58-62(89)71-31-28-51(84)74-54(40(10)11)66(93)79(21)56(41(12)13)67(94)77(19)44(17)59(86)69-29-26-49(82)72-46(32-36(2)3)63(90)80(22)57(42(14)15)68(95)97-45(18)55(61(88)70-30-27-50(83)73-47(33-37(4)5)64(91)81(58)23)76-60(87)48(34-38(6)7)78(20)65(92)53(39(8)9)75-52(85)35-96-24/h36-48,53-58H,25-35H2,1-24H3,(H,69,86)(H,70,88)(H,71,89)(H,72,82)(H,73,83)(H,74,84)(H,75,85)(H,76,87). The zero-order valence-corrected chi connectivity index (χ0v) is 62.5. The Balaban J connectivity index is 4.12. The zero-order chi connectivity index (χ0) is 74.8. The first-order valence-corrected chi connectivity index (χ1v) is 34.3. The number of ether oxygens (including phenoxy) is 2. The van der Waals surface area contributed by atoms with Crippen molar-refractivity contribution in [2.75, 3.05) is 68.6 Å². The Morgan fingerprint density at radius 2 is 1.01 bits per heavy atom. The van der Waals surface area contributed by atoms with Gasteiger partial charge in [0.1, 0.15) is 73.1 Å². The Kier molecular flexibility index (Phi) is 37.6. The second-order valence-electron chi connectivity index (χ2n) is 28.5. The Labute approximate surface area is 576 Å². The highest BCUT2D eigenvalue weighted by Gasteiger charge is 2.43. The van der Waals surface area contributed by atoms with Gasteiger partial charge in [0.05, 0.1) is 0 Å². The van der Waals surface area contributed by atoms with E-state index in [1.807, 2.05) is 48.5 Å². The average molecular weight is 1380 g/mol. The monoisotopic (exact) mass is 1380 g/mol. The molecular formula is C68H121N13O16. The Morgan fingerprint density at radius 3 is 1.43 bits per heavy atom. The van der Waals surface area contributed by atoms with Crippen molar-refractivity contribution < 1.29 is 76.6 Å². The Hall–Kier alpha value is -7.46. The van der Waals surface area contributed by atoms with E-state index in [1.54, 1.807) is 62.3 Å². The molecule has 0 aromatic rings. The number of carbonyl (C=O) groups is 14. The summed E-state index contributed by atoms with van der Waals surface area (Å²) in [5.41, 5.74) is 0. The van der Waals surface area contributed by atoms with Gasteiger partial charge in [-0.05, 0) is 80.5 Å². The van der Waals surface area contributed by atoms with Crippen LogP contribution in [0.4, 0.5) is 0 Å². The molecule has 12 unspecified atom stereocenters. The van der Waals surface area contributed by atoms with Crippen LogP contribution < -0.4 is 42.5 Å². The van der Waals surface area contributed by atoms with E-state index in [0.717, 1.165) is 4.90 Å². The number of cyclic esters (lactones) is 1. The molecule has 0 aromatic heterocycles. The third-order valence-corrected chi connectivity index (χ3v) is 17.4. The minimum atomic E-state index is -1.73. The van der Waals surface area contributed by atoms with Gasteiger partial charge in [-0.3, -0.25) is 62.3 Å². The van der Waals surface area contributed by atoms with Crippen LogP contribution >= 0.6 is 0 Å². The van der Waals surface area contributed by atoms with Crippen molar-refractivity contribution in [2.45, 2.75) is 236 Å². The summed E-state index contributed by atoms with van der Waals surface area (Å²) in [5.74, 6) is -12.6. The number of hydrogen-bond donors (Lipinski definition) is 8. The van der Waals surface area contributed by atoms with E-state index in [-0.39, 0.29) is 76.1 Å². The fourth-order valence-corrected chi connectivity index (χ4v) is 11.5. The van der Waals surface area contributed by atoms with Crippen LogP contribution in [0.5, 0.6) is 0 Å². The topological polar surface area (TPSA) is 370 Å². The molecule has 1 fully saturated rings. The Morgan fingerprint density at radius 1 is 0.567 bits per heavy atom. The molecule has 1 aliphatic rings. The van der Waals surface area contributed by atoms with E-state index in [1.165, 1.54) is 75.8 Å². The predicted molar refractivity (Wildman–Crippen MR) is 366 cm³/mol. The first-order valence-electron chi connectivity index (χ1n) is 34.3. The number of amides is 13.